The monoisotopic (exact) mass is 524 g/mol. The van der Waals surface area contributed by atoms with Crippen molar-refractivity contribution in [2.75, 3.05) is 52.9 Å². The van der Waals surface area contributed by atoms with Gasteiger partial charge in [0.15, 0.2) is 5.96 Å². The highest BCUT2D eigenvalue weighted by atomic mass is 127. The Morgan fingerprint density at radius 3 is 2.17 bits per heavy atom. The van der Waals surface area contributed by atoms with E-state index in [9.17, 15) is 4.79 Å². The second kappa shape index (κ2) is 11.5. The van der Waals surface area contributed by atoms with Crippen LogP contribution < -0.4 is 16.0 Å². The van der Waals surface area contributed by atoms with Gasteiger partial charge in [0, 0.05) is 58.9 Å². The standard InChI is InChI=1S/C20H40N6O2.HI/c1-7-20(8-2,24-18(27)28-19(3,4)5)15-23-17(21-6)22-13-16-14-25-9-11-26(16)12-10-25;/h16H,7-15H2,1-6H3,(H,24,27)(H2,21,22,23);1H. The Morgan fingerprint density at radius 2 is 1.72 bits per heavy atom. The molecule has 0 aromatic rings. The number of guanidine groups is 1. The molecule has 3 saturated heterocycles. The summed E-state index contributed by atoms with van der Waals surface area (Å²) in [7, 11) is 1.78. The molecule has 9 heteroatoms. The van der Waals surface area contributed by atoms with Crippen LogP contribution in [0.5, 0.6) is 0 Å². The molecule has 0 aliphatic carbocycles. The molecule has 0 aromatic carbocycles. The normalized spacial score (nSPS) is 24.5. The smallest absolute Gasteiger partial charge is 0.408 e. The Morgan fingerprint density at radius 1 is 1.10 bits per heavy atom. The maximum atomic E-state index is 12.3. The lowest BCUT2D eigenvalue weighted by Crippen LogP contribution is -2.64. The number of carbonyl (C=O) groups is 1. The van der Waals surface area contributed by atoms with Crippen LogP contribution >= 0.6 is 24.0 Å². The number of halogens is 1. The zero-order valence-corrected chi connectivity index (χ0v) is 21.3. The topological polar surface area (TPSA) is 81.2 Å². The van der Waals surface area contributed by atoms with Crippen LogP contribution in [0.1, 0.15) is 47.5 Å². The molecule has 3 heterocycles. The first kappa shape index (κ1) is 26.2. The van der Waals surface area contributed by atoms with E-state index in [1.165, 1.54) is 13.1 Å². The molecule has 29 heavy (non-hydrogen) atoms. The number of piperazine rings is 3. The van der Waals surface area contributed by atoms with Gasteiger partial charge in [-0.05, 0) is 33.6 Å². The van der Waals surface area contributed by atoms with Crippen molar-refractivity contribution in [3.63, 3.8) is 0 Å². The van der Waals surface area contributed by atoms with Gasteiger partial charge in [0.05, 0.1) is 5.54 Å². The molecular weight excluding hydrogens is 483 g/mol. The van der Waals surface area contributed by atoms with E-state index in [4.69, 9.17) is 4.74 Å². The van der Waals surface area contributed by atoms with Crippen molar-refractivity contribution in [2.45, 2.75) is 64.6 Å². The zero-order chi connectivity index (χ0) is 20.8. The van der Waals surface area contributed by atoms with Crippen LogP contribution in [-0.4, -0.2) is 91.9 Å². The number of nitrogens with one attached hydrogen (secondary N) is 3. The van der Waals surface area contributed by atoms with E-state index in [-0.39, 0.29) is 35.6 Å². The van der Waals surface area contributed by atoms with E-state index in [1.54, 1.807) is 7.05 Å². The second-order valence-corrected chi connectivity index (χ2v) is 8.91. The Labute approximate surface area is 193 Å². The highest BCUT2D eigenvalue weighted by molar-refractivity contribution is 14.0. The second-order valence-electron chi connectivity index (χ2n) is 8.91. The van der Waals surface area contributed by atoms with Gasteiger partial charge in [-0.1, -0.05) is 13.8 Å². The van der Waals surface area contributed by atoms with Crippen LogP contribution in [-0.2, 0) is 4.74 Å². The molecule has 3 aliphatic heterocycles. The Balaban J connectivity index is 0.00000420. The molecule has 3 aliphatic rings. The van der Waals surface area contributed by atoms with Gasteiger partial charge < -0.3 is 20.7 Å². The maximum Gasteiger partial charge on any atom is 0.408 e. The van der Waals surface area contributed by atoms with Gasteiger partial charge in [0.2, 0.25) is 0 Å². The lowest BCUT2D eigenvalue weighted by atomic mass is 9.93. The average molecular weight is 524 g/mol. The number of nitrogens with zero attached hydrogens (tertiary/aromatic N) is 3. The molecule has 0 radical (unpaired) electrons. The van der Waals surface area contributed by atoms with E-state index in [0.29, 0.717) is 12.6 Å². The van der Waals surface area contributed by atoms with Crippen LogP contribution in [0.4, 0.5) is 4.79 Å². The fourth-order valence-electron chi connectivity index (χ4n) is 3.85. The summed E-state index contributed by atoms with van der Waals surface area (Å²) in [4.78, 5) is 21.8. The van der Waals surface area contributed by atoms with Crippen molar-refractivity contribution < 1.29 is 9.53 Å². The third-order valence-corrected chi connectivity index (χ3v) is 5.83. The molecule has 3 rings (SSSR count). The van der Waals surface area contributed by atoms with Crippen LogP contribution in [0.15, 0.2) is 4.99 Å². The number of hydrogen-bond donors (Lipinski definition) is 3. The van der Waals surface area contributed by atoms with Gasteiger partial charge >= 0.3 is 6.09 Å². The molecule has 8 nitrogen and oxygen atoms in total. The molecule has 3 fully saturated rings. The van der Waals surface area contributed by atoms with Crippen molar-refractivity contribution in [3.05, 3.63) is 0 Å². The Hall–Kier alpha value is -0.810. The van der Waals surface area contributed by atoms with E-state index < -0.39 is 5.60 Å². The molecule has 1 unspecified atom stereocenters. The number of aliphatic imine (C=N–C) groups is 1. The number of hydrogen-bond acceptors (Lipinski definition) is 5. The highest BCUT2D eigenvalue weighted by Gasteiger charge is 2.33. The first-order valence-corrected chi connectivity index (χ1v) is 10.6. The van der Waals surface area contributed by atoms with Crippen LogP contribution in [0.3, 0.4) is 0 Å². The van der Waals surface area contributed by atoms with Gasteiger partial charge in [-0.25, -0.2) is 4.79 Å². The first-order chi connectivity index (χ1) is 13.2. The molecule has 0 saturated carbocycles. The molecular formula is C20H41IN6O2. The minimum Gasteiger partial charge on any atom is -0.444 e. The van der Waals surface area contributed by atoms with Crippen molar-refractivity contribution in [1.29, 1.82) is 0 Å². The van der Waals surface area contributed by atoms with E-state index in [2.05, 4.69) is 44.6 Å². The fraction of sp³-hybridized carbons (Fsp3) is 0.900. The summed E-state index contributed by atoms with van der Waals surface area (Å²) in [5.41, 5.74) is -0.883. The average Bonchev–Trinajstić information content (AvgIpc) is 2.66. The van der Waals surface area contributed by atoms with Gasteiger partial charge in [0.25, 0.3) is 0 Å². The Kier molecular flexibility index (Phi) is 10.4. The molecule has 3 N–H and O–H groups in total. The van der Waals surface area contributed by atoms with Gasteiger partial charge in [-0.3, -0.25) is 14.8 Å². The number of carbonyl (C=O) groups excluding carboxylic acids is 1. The Bertz CT molecular complexity index is 540. The quantitative estimate of drug-likeness (QED) is 0.268. The number of alkyl carbamates (subject to hydrolysis) is 1. The fourth-order valence-corrected chi connectivity index (χ4v) is 3.85. The lowest BCUT2D eigenvalue weighted by molar-refractivity contribution is 0.0154. The number of ether oxygens (including phenoxy) is 1. The van der Waals surface area contributed by atoms with E-state index >= 15 is 0 Å². The number of rotatable bonds is 7. The zero-order valence-electron chi connectivity index (χ0n) is 19.0. The summed E-state index contributed by atoms with van der Waals surface area (Å²) < 4.78 is 5.45. The van der Waals surface area contributed by atoms with Gasteiger partial charge in [-0.2, -0.15) is 0 Å². The SMILES string of the molecule is CCC(CC)(CNC(=NC)NCC1CN2CCN1CC2)NC(=O)OC(C)(C)C.I. The maximum absolute atomic E-state index is 12.3. The summed E-state index contributed by atoms with van der Waals surface area (Å²) in [5, 5.41) is 9.94. The summed E-state index contributed by atoms with van der Waals surface area (Å²) in [6.45, 7) is 17.1. The highest BCUT2D eigenvalue weighted by Crippen LogP contribution is 2.17. The third-order valence-electron chi connectivity index (χ3n) is 5.83. The predicted octanol–water partition coefficient (Wildman–Crippen LogP) is 1.85. The summed E-state index contributed by atoms with van der Waals surface area (Å²) in [6, 6.07) is 0.531. The minimum absolute atomic E-state index is 0. The lowest BCUT2D eigenvalue weighted by Gasteiger charge is -2.47. The number of amides is 1. The first-order valence-electron chi connectivity index (χ1n) is 10.6. The van der Waals surface area contributed by atoms with Gasteiger partial charge in [0.1, 0.15) is 5.60 Å². The van der Waals surface area contributed by atoms with Gasteiger partial charge in [-0.15, -0.1) is 24.0 Å². The molecule has 1 atom stereocenters. The van der Waals surface area contributed by atoms with E-state index in [0.717, 1.165) is 45.0 Å². The van der Waals surface area contributed by atoms with Crippen molar-refractivity contribution in [3.8, 4) is 0 Å². The third kappa shape index (κ3) is 8.09. The molecule has 2 bridgehead atoms. The molecule has 170 valence electrons. The molecule has 1 amide bonds. The van der Waals surface area contributed by atoms with Crippen molar-refractivity contribution >= 4 is 36.0 Å². The van der Waals surface area contributed by atoms with Crippen molar-refractivity contribution in [2.24, 2.45) is 4.99 Å². The summed E-state index contributed by atoms with van der Waals surface area (Å²) >= 11 is 0. The molecule has 0 spiro atoms. The van der Waals surface area contributed by atoms with Crippen LogP contribution in [0.25, 0.3) is 0 Å². The minimum atomic E-state index is -0.507. The summed E-state index contributed by atoms with van der Waals surface area (Å²) in [5.74, 6) is 0.773. The number of fused-ring (bicyclic) bond motifs is 3. The molecule has 0 aromatic heterocycles. The predicted molar refractivity (Wildman–Crippen MR) is 129 cm³/mol. The van der Waals surface area contributed by atoms with Crippen molar-refractivity contribution in [1.82, 2.24) is 25.8 Å². The van der Waals surface area contributed by atoms with Crippen LogP contribution in [0, 0.1) is 0 Å². The van der Waals surface area contributed by atoms with E-state index in [1.807, 2.05) is 20.8 Å². The van der Waals surface area contributed by atoms with Crippen LogP contribution in [0.2, 0.25) is 0 Å². The summed E-state index contributed by atoms with van der Waals surface area (Å²) in [6.07, 6.45) is 1.23. The largest absolute Gasteiger partial charge is 0.444 e.